The van der Waals surface area contributed by atoms with E-state index in [0.717, 1.165) is 29.6 Å². The van der Waals surface area contributed by atoms with Gasteiger partial charge >= 0.3 is 0 Å². The molecule has 0 spiro atoms. The number of rotatable bonds is 3. The lowest BCUT2D eigenvalue weighted by Gasteiger charge is -2.24. The fraction of sp³-hybridized carbons (Fsp3) is 0.263. The molecule has 1 atom stereocenters. The van der Waals surface area contributed by atoms with Gasteiger partial charge in [0.05, 0.1) is 29.7 Å². The molecule has 1 amide bonds. The number of aromatic nitrogens is 2. The van der Waals surface area contributed by atoms with E-state index in [0.29, 0.717) is 12.4 Å². The highest BCUT2D eigenvalue weighted by atomic mass is 19.1. The number of ether oxygens (including phenoxy) is 1. The molecule has 0 aliphatic carbocycles. The number of methoxy groups -OCH3 is 1. The Hall–Kier alpha value is -3.09. The van der Waals surface area contributed by atoms with Crippen molar-refractivity contribution in [2.45, 2.75) is 18.9 Å². The first-order valence-electron chi connectivity index (χ1n) is 8.47. The minimum absolute atomic E-state index is 0.0721. The van der Waals surface area contributed by atoms with Gasteiger partial charge in [-0.2, -0.15) is 0 Å². The van der Waals surface area contributed by atoms with Crippen molar-refractivity contribution >= 4 is 22.6 Å². The second-order valence-corrected chi connectivity index (χ2v) is 6.37. The molecule has 4 rings (SSSR count). The van der Waals surface area contributed by atoms with Gasteiger partial charge in [0.15, 0.2) is 0 Å². The number of hydrogen-bond donors (Lipinski definition) is 2. The van der Waals surface area contributed by atoms with Gasteiger partial charge < -0.3 is 20.4 Å². The number of aromatic amines is 1. The van der Waals surface area contributed by atoms with Crippen molar-refractivity contribution in [3.05, 3.63) is 53.6 Å². The van der Waals surface area contributed by atoms with Gasteiger partial charge in [-0.15, -0.1) is 0 Å². The molecule has 6 nitrogen and oxygen atoms in total. The summed E-state index contributed by atoms with van der Waals surface area (Å²) in [7, 11) is 1.61. The normalized spacial score (nSPS) is 17.0. The second-order valence-electron chi connectivity index (χ2n) is 6.37. The molecule has 1 aliphatic rings. The average molecular weight is 354 g/mol. The van der Waals surface area contributed by atoms with E-state index in [2.05, 4.69) is 9.97 Å². The maximum atomic E-state index is 14.2. The number of amides is 1. The molecule has 1 fully saturated rings. The summed E-state index contributed by atoms with van der Waals surface area (Å²) >= 11 is 0. The largest absolute Gasteiger partial charge is 0.497 e. The molecular formula is C19H19FN4O2. The first kappa shape index (κ1) is 16.4. The number of fused-ring (bicyclic) bond motifs is 1. The topological polar surface area (TPSA) is 84.2 Å². The number of carbonyl (C=O) groups is 1. The molecule has 26 heavy (non-hydrogen) atoms. The average Bonchev–Trinajstić information content (AvgIpc) is 3.27. The van der Waals surface area contributed by atoms with Gasteiger partial charge in [-0.05, 0) is 37.1 Å². The monoisotopic (exact) mass is 354 g/mol. The van der Waals surface area contributed by atoms with Gasteiger partial charge in [0.1, 0.15) is 17.4 Å². The number of carbonyl (C=O) groups excluding carboxylic acids is 1. The Bertz CT molecular complexity index is 965. The van der Waals surface area contributed by atoms with Gasteiger partial charge in [-0.25, -0.2) is 9.37 Å². The van der Waals surface area contributed by atoms with Crippen molar-refractivity contribution in [1.82, 2.24) is 14.9 Å². The highest BCUT2D eigenvalue weighted by molar-refractivity contribution is 5.99. The summed E-state index contributed by atoms with van der Waals surface area (Å²) in [4.78, 5) is 22.5. The molecule has 3 N–H and O–H groups in total. The van der Waals surface area contributed by atoms with Crippen LogP contribution in [0.2, 0.25) is 0 Å². The number of nitrogens with zero attached hydrogens (tertiary/aromatic N) is 2. The SMILES string of the molecule is COc1ccc2nc(C3CCCN3C(=O)c3c(N)cccc3F)[nH]c2c1. The maximum Gasteiger partial charge on any atom is 0.259 e. The van der Waals surface area contributed by atoms with Crippen LogP contribution in [-0.4, -0.2) is 34.4 Å². The van der Waals surface area contributed by atoms with Gasteiger partial charge in [0.2, 0.25) is 0 Å². The summed E-state index contributed by atoms with van der Waals surface area (Å²) in [6.07, 6.45) is 1.59. The Morgan fingerprint density at radius 3 is 3.00 bits per heavy atom. The van der Waals surface area contributed by atoms with E-state index in [1.807, 2.05) is 18.2 Å². The van der Waals surface area contributed by atoms with E-state index in [1.165, 1.54) is 18.2 Å². The van der Waals surface area contributed by atoms with Crippen LogP contribution in [0.25, 0.3) is 11.0 Å². The smallest absolute Gasteiger partial charge is 0.259 e. The number of anilines is 1. The van der Waals surface area contributed by atoms with E-state index in [9.17, 15) is 9.18 Å². The van der Waals surface area contributed by atoms with Crippen LogP contribution in [0.4, 0.5) is 10.1 Å². The molecule has 1 unspecified atom stereocenters. The Kier molecular flexibility index (Phi) is 3.99. The van der Waals surface area contributed by atoms with E-state index in [-0.39, 0.29) is 17.3 Å². The second kappa shape index (κ2) is 6.33. The number of halogens is 1. The first-order chi connectivity index (χ1) is 12.6. The number of nitrogen functional groups attached to an aromatic ring is 1. The molecule has 1 aliphatic heterocycles. The number of benzene rings is 2. The van der Waals surface area contributed by atoms with Crippen molar-refractivity contribution in [3.8, 4) is 5.75 Å². The van der Waals surface area contributed by atoms with Crippen molar-refractivity contribution in [1.29, 1.82) is 0 Å². The summed E-state index contributed by atoms with van der Waals surface area (Å²) in [6, 6.07) is 9.61. The molecule has 3 aromatic rings. The van der Waals surface area contributed by atoms with Crippen LogP contribution in [0.5, 0.6) is 5.75 Å². The zero-order valence-electron chi connectivity index (χ0n) is 14.3. The molecule has 2 aromatic carbocycles. The predicted octanol–water partition coefficient (Wildman–Crippen LogP) is 3.27. The van der Waals surface area contributed by atoms with Crippen LogP contribution in [0.1, 0.15) is 35.1 Å². The molecule has 7 heteroatoms. The third-order valence-electron chi connectivity index (χ3n) is 4.80. The third-order valence-corrected chi connectivity index (χ3v) is 4.80. The fourth-order valence-corrected chi connectivity index (χ4v) is 3.50. The quantitative estimate of drug-likeness (QED) is 0.707. The summed E-state index contributed by atoms with van der Waals surface area (Å²) in [5, 5.41) is 0. The lowest BCUT2D eigenvalue weighted by Crippen LogP contribution is -2.32. The standard InChI is InChI=1S/C19H19FN4O2/c1-26-11-7-8-14-15(10-11)23-18(22-14)16-6-3-9-24(16)19(25)17-12(20)4-2-5-13(17)21/h2,4-5,7-8,10,16H,3,6,9,21H2,1H3,(H,22,23). The van der Waals surface area contributed by atoms with Crippen LogP contribution in [-0.2, 0) is 0 Å². The van der Waals surface area contributed by atoms with Crippen LogP contribution >= 0.6 is 0 Å². The minimum Gasteiger partial charge on any atom is -0.497 e. The van der Waals surface area contributed by atoms with E-state index in [4.69, 9.17) is 10.5 Å². The van der Waals surface area contributed by atoms with Crippen LogP contribution in [0.3, 0.4) is 0 Å². The highest BCUT2D eigenvalue weighted by Crippen LogP contribution is 2.34. The van der Waals surface area contributed by atoms with Crippen molar-refractivity contribution in [3.63, 3.8) is 0 Å². The van der Waals surface area contributed by atoms with E-state index < -0.39 is 11.7 Å². The maximum absolute atomic E-state index is 14.2. The molecule has 1 aromatic heterocycles. The van der Waals surface area contributed by atoms with Gasteiger partial charge in [0, 0.05) is 18.3 Å². The molecule has 0 saturated carbocycles. The lowest BCUT2D eigenvalue weighted by atomic mass is 10.1. The van der Waals surface area contributed by atoms with Crippen LogP contribution in [0, 0.1) is 5.82 Å². The number of nitrogens with two attached hydrogens (primary N) is 1. The van der Waals surface area contributed by atoms with E-state index >= 15 is 0 Å². The number of imidazole rings is 1. The highest BCUT2D eigenvalue weighted by Gasteiger charge is 2.34. The Morgan fingerprint density at radius 1 is 1.38 bits per heavy atom. The Labute approximate surface area is 149 Å². The summed E-state index contributed by atoms with van der Waals surface area (Å²) in [5.74, 6) is 0.413. The molecular weight excluding hydrogens is 335 g/mol. The minimum atomic E-state index is -0.602. The van der Waals surface area contributed by atoms with Crippen molar-refractivity contribution < 1.29 is 13.9 Å². The molecule has 134 valence electrons. The predicted molar refractivity (Wildman–Crippen MR) is 96.5 cm³/mol. The van der Waals surface area contributed by atoms with Gasteiger partial charge in [0.25, 0.3) is 5.91 Å². The lowest BCUT2D eigenvalue weighted by molar-refractivity contribution is 0.0727. The van der Waals surface area contributed by atoms with Crippen molar-refractivity contribution in [2.75, 3.05) is 19.4 Å². The molecule has 2 heterocycles. The van der Waals surface area contributed by atoms with E-state index in [1.54, 1.807) is 12.0 Å². The van der Waals surface area contributed by atoms with Crippen LogP contribution in [0.15, 0.2) is 36.4 Å². The number of hydrogen-bond acceptors (Lipinski definition) is 4. The third kappa shape index (κ3) is 2.65. The van der Waals surface area contributed by atoms with Crippen LogP contribution < -0.4 is 10.5 Å². The zero-order chi connectivity index (χ0) is 18.3. The molecule has 1 saturated heterocycles. The summed E-state index contributed by atoms with van der Waals surface area (Å²) < 4.78 is 19.4. The Balaban J connectivity index is 1.69. The molecule has 0 radical (unpaired) electrons. The fourth-order valence-electron chi connectivity index (χ4n) is 3.50. The Morgan fingerprint density at radius 2 is 2.23 bits per heavy atom. The van der Waals surface area contributed by atoms with Gasteiger partial charge in [-0.1, -0.05) is 6.07 Å². The number of nitrogens with one attached hydrogen (secondary N) is 1. The first-order valence-corrected chi connectivity index (χ1v) is 8.47. The van der Waals surface area contributed by atoms with Crippen molar-refractivity contribution in [2.24, 2.45) is 0 Å². The zero-order valence-corrected chi connectivity index (χ0v) is 14.3. The summed E-state index contributed by atoms with van der Waals surface area (Å²) in [5.41, 5.74) is 7.55. The number of H-pyrrole nitrogens is 1. The van der Waals surface area contributed by atoms with Gasteiger partial charge in [-0.3, -0.25) is 4.79 Å². The summed E-state index contributed by atoms with van der Waals surface area (Å²) in [6.45, 7) is 0.539. The number of likely N-dealkylation sites (tertiary alicyclic amines) is 1. The molecule has 0 bridgehead atoms.